The van der Waals surface area contributed by atoms with Crippen LogP contribution in [0.1, 0.15) is 24.4 Å². The maximum absolute atomic E-state index is 4.61. The minimum atomic E-state index is 0.527. The first-order chi connectivity index (χ1) is 8.43. The second-order valence-corrected chi connectivity index (χ2v) is 4.84. The summed E-state index contributed by atoms with van der Waals surface area (Å²) in [6.45, 7) is 5.40. The summed E-state index contributed by atoms with van der Waals surface area (Å²) in [6.07, 6.45) is 4.57. The number of anilines is 1. The number of piperazine rings is 1. The van der Waals surface area contributed by atoms with Gasteiger partial charge in [-0.15, -0.1) is 0 Å². The van der Waals surface area contributed by atoms with Crippen LogP contribution < -0.4 is 15.5 Å². The van der Waals surface area contributed by atoms with Crippen molar-refractivity contribution in [3.63, 3.8) is 0 Å². The fraction of sp³-hybridized carbons (Fsp3) is 0.615. The lowest BCUT2D eigenvalue weighted by Gasteiger charge is -2.28. The van der Waals surface area contributed by atoms with Crippen LogP contribution in [0.3, 0.4) is 0 Å². The smallest absolute Gasteiger partial charge is 0.128 e. The van der Waals surface area contributed by atoms with E-state index < -0.39 is 0 Å². The van der Waals surface area contributed by atoms with Crippen molar-refractivity contribution in [2.24, 2.45) is 0 Å². The molecule has 2 aliphatic rings. The van der Waals surface area contributed by atoms with Crippen LogP contribution in [-0.4, -0.2) is 37.7 Å². The molecule has 1 aromatic rings. The maximum Gasteiger partial charge on any atom is 0.128 e. The lowest BCUT2D eigenvalue weighted by Crippen LogP contribution is -2.43. The summed E-state index contributed by atoms with van der Waals surface area (Å²) in [7, 11) is 0. The Bertz CT molecular complexity index is 350. The Labute approximate surface area is 102 Å². The summed E-state index contributed by atoms with van der Waals surface area (Å²) >= 11 is 0. The zero-order valence-electron chi connectivity index (χ0n) is 10.2. The number of hydrogen-bond acceptors (Lipinski definition) is 4. The molecular formula is C13H20N4. The predicted octanol–water partition coefficient (Wildman–Crippen LogP) is 0.916. The number of rotatable bonds is 2. The van der Waals surface area contributed by atoms with Gasteiger partial charge in [0.1, 0.15) is 5.82 Å². The average Bonchev–Trinajstić information content (AvgIpc) is 2.94. The molecule has 0 saturated carbocycles. The number of hydrogen-bond donors (Lipinski definition) is 2. The van der Waals surface area contributed by atoms with E-state index in [9.17, 15) is 0 Å². The first-order valence-electron chi connectivity index (χ1n) is 6.58. The molecule has 2 fully saturated rings. The van der Waals surface area contributed by atoms with Gasteiger partial charge in [-0.3, -0.25) is 0 Å². The van der Waals surface area contributed by atoms with Crippen LogP contribution in [0.4, 0.5) is 5.82 Å². The minimum Gasteiger partial charge on any atom is -0.354 e. The summed E-state index contributed by atoms with van der Waals surface area (Å²) in [5.41, 5.74) is 1.33. The van der Waals surface area contributed by atoms with E-state index >= 15 is 0 Å². The summed E-state index contributed by atoms with van der Waals surface area (Å²) in [5.74, 6) is 1.12. The molecular weight excluding hydrogens is 212 g/mol. The molecule has 0 bridgehead atoms. The molecule has 1 aromatic heterocycles. The molecule has 2 aliphatic heterocycles. The number of nitrogens with one attached hydrogen (secondary N) is 2. The average molecular weight is 232 g/mol. The highest BCUT2D eigenvalue weighted by atomic mass is 15.2. The third-order valence-electron chi connectivity index (χ3n) is 3.67. The monoisotopic (exact) mass is 232 g/mol. The Morgan fingerprint density at radius 1 is 1.18 bits per heavy atom. The van der Waals surface area contributed by atoms with Crippen LogP contribution in [0.2, 0.25) is 0 Å². The normalized spacial score (nSPS) is 25.2. The summed E-state index contributed by atoms with van der Waals surface area (Å²) in [5, 5.41) is 6.87. The molecule has 0 spiro atoms. The second-order valence-electron chi connectivity index (χ2n) is 4.84. The largest absolute Gasteiger partial charge is 0.354 e. The standard InChI is InChI=1S/C13H20N4/c1-2-12(15-5-1)11-3-4-13(16-10-11)17-8-6-14-7-9-17/h3-4,10,12,14-15H,1-2,5-9H2/t12-/m0/s1. The van der Waals surface area contributed by atoms with E-state index in [1.807, 2.05) is 6.20 Å². The van der Waals surface area contributed by atoms with Crippen molar-refractivity contribution in [3.05, 3.63) is 23.9 Å². The van der Waals surface area contributed by atoms with E-state index in [4.69, 9.17) is 0 Å². The summed E-state index contributed by atoms with van der Waals surface area (Å²) in [4.78, 5) is 6.95. The van der Waals surface area contributed by atoms with Crippen molar-refractivity contribution in [3.8, 4) is 0 Å². The quantitative estimate of drug-likeness (QED) is 0.795. The molecule has 0 radical (unpaired) electrons. The minimum absolute atomic E-state index is 0.527. The third-order valence-corrected chi connectivity index (χ3v) is 3.67. The van der Waals surface area contributed by atoms with Crippen molar-refractivity contribution < 1.29 is 0 Å². The molecule has 4 nitrogen and oxygen atoms in total. The van der Waals surface area contributed by atoms with Gasteiger partial charge in [-0.2, -0.15) is 0 Å². The lowest BCUT2D eigenvalue weighted by molar-refractivity contribution is 0.584. The van der Waals surface area contributed by atoms with Crippen LogP contribution in [-0.2, 0) is 0 Å². The zero-order valence-corrected chi connectivity index (χ0v) is 10.2. The van der Waals surface area contributed by atoms with Crippen LogP contribution in [0.15, 0.2) is 18.3 Å². The van der Waals surface area contributed by atoms with Gasteiger partial charge in [-0.1, -0.05) is 6.07 Å². The molecule has 0 amide bonds. The highest BCUT2D eigenvalue weighted by Gasteiger charge is 2.17. The Hall–Kier alpha value is -1.13. The van der Waals surface area contributed by atoms with Crippen molar-refractivity contribution in [1.82, 2.24) is 15.6 Å². The summed E-state index contributed by atoms with van der Waals surface area (Å²) in [6, 6.07) is 4.92. The first kappa shape index (κ1) is 11.0. The van der Waals surface area contributed by atoms with Gasteiger partial charge >= 0.3 is 0 Å². The molecule has 0 aliphatic carbocycles. The summed E-state index contributed by atoms with van der Waals surface area (Å²) < 4.78 is 0. The molecule has 17 heavy (non-hydrogen) atoms. The molecule has 2 saturated heterocycles. The van der Waals surface area contributed by atoms with Crippen LogP contribution in [0.25, 0.3) is 0 Å². The Morgan fingerprint density at radius 3 is 2.71 bits per heavy atom. The van der Waals surface area contributed by atoms with Gasteiger partial charge in [0.15, 0.2) is 0 Å². The number of aromatic nitrogens is 1. The SMILES string of the molecule is c1cc(N2CCNCC2)ncc1[C@@H]1CCCN1. The molecule has 3 heterocycles. The van der Waals surface area contributed by atoms with E-state index in [-0.39, 0.29) is 0 Å². The fourth-order valence-corrected chi connectivity index (χ4v) is 2.65. The maximum atomic E-state index is 4.61. The van der Waals surface area contributed by atoms with E-state index in [1.54, 1.807) is 0 Å². The fourth-order valence-electron chi connectivity index (χ4n) is 2.65. The predicted molar refractivity (Wildman–Crippen MR) is 69.3 cm³/mol. The van der Waals surface area contributed by atoms with Gasteiger partial charge in [0, 0.05) is 38.4 Å². The zero-order chi connectivity index (χ0) is 11.5. The van der Waals surface area contributed by atoms with Gasteiger partial charge in [0.25, 0.3) is 0 Å². The Balaban J connectivity index is 1.70. The van der Waals surface area contributed by atoms with Crippen LogP contribution in [0.5, 0.6) is 0 Å². The van der Waals surface area contributed by atoms with Gasteiger partial charge < -0.3 is 15.5 Å². The third kappa shape index (κ3) is 2.42. The van der Waals surface area contributed by atoms with Crippen molar-refractivity contribution in [2.75, 3.05) is 37.6 Å². The molecule has 0 aromatic carbocycles. The van der Waals surface area contributed by atoms with Gasteiger partial charge in [-0.25, -0.2) is 4.98 Å². The van der Waals surface area contributed by atoms with Gasteiger partial charge in [0.2, 0.25) is 0 Å². The van der Waals surface area contributed by atoms with Crippen LogP contribution >= 0.6 is 0 Å². The highest BCUT2D eigenvalue weighted by molar-refractivity contribution is 5.40. The van der Waals surface area contributed by atoms with Gasteiger partial charge in [-0.05, 0) is 31.0 Å². The molecule has 2 N–H and O–H groups in total. The van der Waals surface area contributed by atoms with E-state index in [0.717, 1.165) is 38.5 Å². The van der Waals surface area contributed by atoms with Crippen molar-refractivity contribution in [1.29, 1.82) is 0 Å². The Kier molecular flexibility index (Phi) is 3.25. The first-order valence-corrected chi connectivity index (χ1v) is 6.58. The van der Waals surface area contributed by atoms with Gasteiger partial charge in [0.05, 0.1) is 0 Å². The number of pyridine rings is 1. The van der Waals surface area contributed by atoms with E-state index in [1.165, 1.54) is 18.4 Å². The molecule has 4 heteroatoms. The topological polar surface area (TPSA) is 40.2 Å². The van der Waals surface area contributed by atoms with Crippen molar-refractivity contribution in [2.45, 2.75) is 18.9 Å². The van der Waals surface area contributed by atoms with E-state index in [2.05, 4.69) is 32.7 Å². The molecule has 0 unspecified atom stereocenters. The van der Waals surface area contributed by atoms with Crippen molar-refractivity contribution >= 4 is 5.82 Å². The molecule has 3 rings (SSSR count). The van der Waals surface area contributed by atoms with E-state index in [0.29, 0.717) is 6.04 Å². The lowest BCUT2D eigenvalue weighted by atomic mass is 10.1. The Morgan fingerprint density at radius 2 is 2.06 bits per heavy atom. The number of nitrogens with zero attached hydrogens (tertiary/aromatic N) is 2. The second kappa shape index (κ2) is 5.02. The molecule has 1 atom stereocenters. The highest BCUT2D eigenvalue weighted by Crippen LogP contribution is 2.23. The molecule has 92 valence electrons. The van der Waals surface area contributed by atoms with Crippen LogP contribution in [0, 0.1) is 0 Å².